The summed E-state index contributed by atoms with van der Waals surface area (Å²) >= 11 is 0. The highest BCUT2D eigenvalue weighted by molar-refractivity contribution is 7.86. The zero-order valence-electron chi connectivity index (χ0n) is 9.85. The lowest BCUT2D eigenvalue weighted by Crippen LogP contribution is -2.64. The van der Waals surface area contributed by atoms with Crippen LogP contribution in [-0.2, 0) is 28.7 Å². The van der Waals surface area contributed by atoms with Crippen molar-refractivity contribution in [1.29, 1.82) is 0 Å². The van der Waals surface area contributed by atoms with Gasteiger partial charge < -0.3 is 20.4 Å². The molecular formula is C8H12O10S. The fraction of sp³-hybridized carbons (Fsp3) is 0.625. The molecule has 0 aromatic heterocycles. The van der Waals surface area contributed by atoms with Crippen LogP contribution in [0.25, 0.3) is 0 Å². The molecule has 0 bridgehead atoms. The second-order valence-corrected chi connectivity index (χ2v) is 5.44. The van der Waals surface area contributed by atoms with E-state index >= 15 is 0 Å². The zero-order valence-corrected chi connectivity index (χ0v) is 10.7. The summed E-state index contributed by atoms with van der Waals surface area (Å²) in [6.07, 6.45) is -1.14. The number of aliphatic carboxylic acids is 3. The number of carbonyl (C=O) groups is 3. The van der Waals surface area contributed by atoms with Crippen molar-refractivity contribution in [1.82, 2.24) is 0 Å². The van der Waals surface area contributed by atoms with Crippen LogP contribution in [0.2, 0.25) is 0 Å². The van der Waals surface area contributed by atoms with Gasteiger partial charge in [-0.25, -0.2) is 13.8 Å². The molecule has 0 aliphatic rings. The Morgan fingerprint density at radius 3 is 1.74 bits per heavy atom. The summed E-state index contributed by atoms with van der Waals surface area (Å²) in [5, 5.41) is 36.0. The van der Waals surface area contributed by atoms with Gasteiger partial charge in [0.1, 0.15) is 0 Å². The third-order valence-corrected chi connectivity index (χ3v) is 2.91. The van der Waals surface area contributed by atoms with E-state index in [0.29, 0.717) is 13.2 Å². The molecule has 0 saturated heterocycles. The van der Waals surface area contributed by atoms with Crippen LogP contribution in [0.15, 0.2) is 0 Å². The quantitative estimate of drug-likeness (QED) is 0.388. The Balaban J connectivity index is 6.00. The SMILES string of the molecule is CC(OS(C)(=O)=O)(C(=O)O)C(O)(CC(=O)O)C(=O)O. The average molecular weight is 300 g/mol. The van der Waals surface area contributed by atoms with Crippen molar-refractivity contribution in [3.05, 3.63) is 0 Å². The predicted octanol–water partition coefficient (Wildman–Crippen LogP) is -1.90. The largest absolute Gasteiger partial charge is 0.481 e. The smallest absolute Gasteiger partial charge is 0.340 e. The minimum atomic E-state index is -4.48. The van der Waals surface area contributed by atoms with Crippen molar-refractivity contribution in [2.75, 3.05) is 6.26 Å². The van der Waals surface area contributed by atoms with E-state index in [4.69, 9.17) is 15.3 Å². The minimum absolute atomic E-state index is 0.428. The van der Waals surface area contributed by atoms with Crippen LogP contribution in [-0.4, -0.2) is 64.2 Å². The lowest BCUT2D eigenvalue weighted by molar-refractivity contribution is -0.200. The van der Waals surface area contributed by atoms with Crippen molar-refractivity contribution < 1.29 is 47.4 Å². The maximum Gasteiger partial charge on any atom is 0.340 e. The molecule has 0 rings (SSSR count). The van der Waals surface area contributed by atoms with Gasteiger partial charge in [-0.1, -0.05) is 0 Å². The molecule has 11 heteroatoms. The predicted molar refractivity (Wildman–Crippen MR) is 56.8 cm³/mol. The first-order chi connectivity index (χ1) is 8.26. The molecule has 0 spiro atoms. The van der Waals surface area contributed by atoms with E-state index in [0.717, 1.165) is 0 Å². The third kappa shape index (κ3) is 3.62. The van der Waals surface area contributed by atoms with E-state index in [1.54, 1.807) is 0 Å². The van der Waals surface area contributed by atoms with Crippen LogP contribution >= 0.6 is 0 Å². The first-order valence-corrected chi connectivity index (χ1v) is 6.39. The van der Waals surface area contributed by atoms with Gasteiger partial charge in [0.25, 0.3) is 10.1 Å². The molecule has 19 heavy (non-hydrogen) atoms. The van der Waals surface area contributed by atoms with E-state index in [9.17, 15) is 27.9 Å². The fourth-order valence-electron chi connectivity index (χ4n) is 1.25. The van der Waals surface area contributed by atoms with Gasteiger partial charge in [0.2, 0.25) is 11.2 Å². The summed E-state index contributed by atoms with van der Waals surface area (Å²) in [6, 6.07) is 0. The van der Waals surface area contributed by atoms with Gasteiger partial charge in [0, 0.05) is 0 Å². The van der Waals surface area contributed by atoms with Gasteiger partial charge in [-0.05, 0) is 6.92 Å². The fourth-order valence-corrected chi connectivity index (χ4v) is 2.07. The first kappa shape index (κ1) is 17.3. The molecule has 4 N–H and O–H groups in total. The summed E-state index contributed by atoms with van der Waals surface area (Å²) in [4.78, 5) is 32.5. The monoisotopic (exact) mass is 300 g/mol. The average Bonchev–Trinajstić information content (AvgIpc) is 2.12. The third-order valence-electron chi connectivity index (χ3n) is 2.28. The first-order valence-electron chi connectivity index (χ1n) is 4.58. The van der Waals surface area contributed by atoms with Gasteiger partial charge >= 0.3 is 17.9 Å². The summed E-state index contributed by atoms with van der Waals surface area (Å²) in [5.74, 6) is -6.25. The number of rotatable bonds is 7. The Hall–Kier alpha value is -1.72. The molecule has 0 aromatic rings. The number of carboxylic acid groups (broad SMARTS) is 3. The topological polar surface area (TPSA) is 175 Å². The standard InChI is InChI=1S/C8H12O10S/c1-7(5(11)12,18-19(2,16)17)8(15,6(13)14)3-4(9)10/h15H,3H2,1-2H3,(H,9,10)(H,11,12)(H,13,14). The molecule has 0 radical (unpaired) electrons. The van der Waals surface area contributed by atoms with E-state index in [1.165, 1.54) is 0 Å². The van der Waals surface area contributed by atoms with Gasteiger partial charge in [-0.15, -0.1) is 0 Å². The van der Waals surface area contributed by atoms with Crippen molar-refractivity contribution in [2.45, 2.75) is 24.5 Å². The molecule has 2 atom stereocenters. The highest BCUT2D eigenvalue weighted by atomic mass is 32.2. The number of hydrogen-bond acceptors (Lipinski definition) is 7. The van der Waals surface area contributed by atoms with Crippen molar-refractivity contribution in [3.63, 3.8) is 0 Å². The second kappa shape index (κ2) is 5.11. The number of carboxylic acids is 3. The Labute approximate surface area is 107 Å². The van der Waals surface area contributed by atoms with Crippen LogP contribution in [0.4, 0.5) is 0 Å². The van der Waals surface area contributed by atoms with Gasteiger partial charge in [-0.3, -0.25) is 4.79 Å². The highest BCUT2D eigenvalue weighted by Crippen LogP contribution is 2.32. The minimum Gasteiger partial charge on any atom is -0.481 e. The molecular weight excluding hydrogens is 288 g/mol. The van der Waals surface area contributed by atoms with Crippen LogP contribution in [0.3, 0.4) is 0 Å². The molecule has 0 aromatic carbocycles. The second-order valence-electron chi connectivity index (χ2n) is 3.86. The maximum atomic E-state index is 11.0. The van der Waals surface area contributed by atoms with Gasteiger partial charge in [-0.2, -0.15) is 8.42 Å². The van der Waals surface area contributed by atoms with E-state index < -0.39 is 45.6 Å². The molecule has 0 saturated carbocycles. The number of aliphatic hydroxyl groups is 1. The molecule has 0 fully saturated rings. The van der Waals surface area contributed by atoms with Gasteiger partial charge in [0.05, 0.1) is 12.7 Å². The van der Waals surface area contributed by atoms with Crippen molar-refractivity contribution >= 4 is 28.0 Å². The van der Waals surface area contributed by atoms with E-state index in [-0.39, 0.29) is 0 Å². The molecule has 0 heterocycles. The van der Waals surface area contributed by atoms with E-state index in [1.807, 2.05) is 0 Å². The molecule has 110 valence electrons. The van der Waals surface area contributed by atoms with Crippen LogP contribution in [0, 0.1) is 0 Å². The highest BCUT2D eigenvalue weighted by Gasteiger charge is 2.62. The zero-order chi connectivity index (χ0) is 15.6. The summed E-state index contributed by atoms with van der Waals surface area (Å²) in [6.45, 7) is 0.452. The summed E-state index contributed by atoms with van der Waals surface area (Å²) in [5.41, 5.74) is -6.68. The van der Waals surface area contributed by atoms with E-state index in [2.05, 4.69) is 4.18 Å². The summed E-state index contributed by atoms with van der Waals surface area (Å²) < 4.78 is 26.0. The molecule has 10 nitrogen and oxygen atoms in total. The van der Waals surface area contributed by atoms with Crippen molar-refractivity contribution in [3.8, 4) is 0 Å². The van der Waals surface area contributed by atoms with Crippen molar-refractivity contribution in [2.24, 2.45) is 0 Å². The van der Waals surface area contributed by atoms with Crippen LogP contribution in [0.1, 0.15) is 13.3 Å². The van der Waals surface area contributed by atoms with Crippen LogP contribution in [0.5, 0.6) is 0 Å². The Morgan fingerprint density at radius 2 is 1.53 bits per heavy atom. The molecule has 0 aliphatic carbocycles. The number of hydrogen-bond donors (Lipinski definition) is 4. The maximum absolute atomic E-state index is 11.0. The Kier molecular flexibility index (Phi) is 4.65. The Bertz CT molecular complexity index is 508. The summed E-state index contributed by atoms with van der Waals surface area (Å²) in [7, 11) is -4.48. The lowest BCUT2D eigenvalue weighted by Gasteiger charge is -2.35. The molecule has 0 amide bonds. The van der Waals surface area contributed by atoms with Gasteiger partial charge in [0.15, 0.2) is 0 Å². The molecule has 2 unspecified atom stereocenters. The van der Waals surface area contributed by atoms with Crippen LogP contribution < -0.4 is 0 Å². The lowest BCUT2D eigenvalue weighted by atomic mass is 9.81. The normalized spacial score (nSPS) is 18.1. The Morgan fingerprint density at radius 1 is 1.11 bits per heavy atom. The molecule has 0 aliphatic heterocycles.